The Kier molecular flexibility index (Phi) is 5.37. The van der Waals surface area contributed by atoms with Crippen LogP contribution in [0.3, 0.4) is 0 Å². The first-order valence-corrected chi connectivity index (χ1v) is 7.37. The van der Waals surface area contributed by atoms with Crippen molar-refractivity contribution in [3.63, 3.8) is 0 Å². The van der Waals surface area contributed by atoms with Crippen LogP contribution in [0, 0.1) is 6.92 Å². The summed E-state index contributed by atoms with van der Waals surface area (Å²) >= 11 is 0. The summed E-state index contributed by atoms with van der Waals surface area (Å²) in [6, 6.07) is 16.6. The number of nitrogens with one attached hydrogen (secondary N) is 1. The summed E-state index contributed by atoms with van der Waals surface area (Å²) in [6.07, 6.45) is 0.971. The van der Waals surface area contributed by atoms with Crippen molar-refractivity contribution in [3.8, 4) is 5.75 Å². The van der Waals surface area contributed by atoms with Crippen molar-refractivity contribution in [2.45, 2.75) is 39.3 Å². The molecule has 112 valence electrons. The van der Waals surface area contributed by atoms with Crippen molar-refractivity contribution in [3.05, 3.63) is 65.2 Å². The minimum Gasteiger partial charge on any atom is -0.491 e. The average Bonchev–Trinajstić information content (AvgIpc) is 2.47. The van der Waals surface area contributed by atoms with Gasteiger partial charge in [0.2, 0.25) is 0 Å². The highest BCUT2D eigenvalue weighted by Crippen LogP contribution is 2.28. The van der Waals surface area contributed by atoms with Gasteiger partial charge in [-0.2, -0.15) is 0 Å². The molecule has 3 heteroatoms. The Morgan fingerprint density at radius 1 is 1.05 bits per heavy atom. The highest BCUT2D eigenvalue weighted by Gasteiger charge is 2.16. The van der Waals surface area contributed by atoms with E-state index in [1.807, 2.05) is 32.0 Å². The Morgan fingerprint density at radius 3 is 2.33 bits per heavy atom. The second kappa shape index (κ2) is 7.25. The van der Waals surface area contributed by atoms with Crippen molar-refractivity contribution in [2.75, 3.05) is 0 Å². The van der Waals surface area contributed by atoms with Gasteiger partial charge in [0.15, 0.2) is 0 Å². The largest absolute Gasteiger partial charge is 0.491 e. The van der Waals surface area contributed by atoms with E-state index in [1.54, 1.807) is 0 Å². The predicted octanol–water partition coefficient (Wildman–Crippen LogP) is 3.53. The van der Waals surface area contributed by atoms with Crippen LogP contribution >= 0.6 is 0 Å². The summed E-state index contributed by atoms with van der Waals surface area (Å²) in [7, 11) is 0. The number of hydrazine groups is 1. The van der Waals surface area contributed by atoms with Crippen LogP contribution in [-0.2, 0) is 6.42 Å². The molecule has 0 amide bonds. The number of hydrogen-bond donors (Lipinski definition) is 2. The van der Waals surface area contributed by atoms with Gasteiger partial charge in [-0.3, -0.25) is 11.3 Å². The third-order valence-corrected chi connectivity index (χ3v) is 3.42. The molecule has 0 saturated heterocycles. The van der Waals surface area contributed by atoms with Crippen molar-refractivity contribution in [1.82, 2.24) is 5.43 Å². The molecule has 1 atom stereocenters. The predicted molar refractivity (Wildman–Crippen MR) is 87.2 cm³/mol. The monoisotopic (exact) mass is 284 g/mol. The van der Waals surface area contributed by atoms with E-state index in [-0.39, 0.29) is 12.1 Å². The zero-order valence-electron chi connectivity index (χ0n) is 13.0. The van der Waals surface area contributed by atoms with Crippen LogP contribution in [0.5, 0.6) is 5.75 Å². The van der Waals surface area contributed by atoms with Crippen LogP contribution in [-0.4, -0.2) is 6.10 Å². The number of rotatable bonds is 6. The van der Waals surface area contributed by atoms with Crippen LogP contribution in [0.25, 0.3) is 0 Å². The number of hydrogen-bond acceptors (Lipinski definition) is 3. The molecule has 0 aromatic heterocycles. The van der Waals surface area contributed by atoms with E-state index in [9.17, 15) is 0 Å². The Labute approximate surface area is 127 Å². The summed E-state index contributed by atoms with van der Waals surface area (Å²) in [4.78, 5) is 0. The lowest BCUT2D eigenvalue weighted by Gasteiger charge is -2.21. The summed E-state index contributed by atoms with van der Waals surface area (Å²) < 4.78 is 5.89. The van der Waals surface area contributed by atoms with Crippen LogP contribution in [0.4, 0.5) is 0 Å². The maximum Gasteiger partial charge on any atom is 0.124 e. The minimum atomic E-state index is 0.0302. The fourth-order valence-corrected chi connectivity index (χ4v) is 2.35. The Bertz CT molecular complexity index is 564. The molecule has 1 unspecified atom stereocenters. The van der Waals surface area contributed by atoms with Crippen molar-refractivity contribution in [1.29, 1.82) is 0 Å². The SMILES string of the molecule is Cc1ccc(CC(NN)c2ccccc2OC(C)C)cc1. The molecule has 3 nitrogen and oxygen atoms in total. The topological polar surface area (TPSA) is 47.3 Å². The molecule has 0 radical (unpaired) electrons. The van der Waals surface area contributed by atoms with Gasteiger partial charge in [0.05, 0.1) is 12.1 Å². The Morgan fingerprint density at radius 2 is 1.71 bits per heavy atom. The van der Waals surface area contributed by atoms with Gasteiger partial charge < -0.3 is 4.74 Å². The fourth-order valence-electron chi connectivity index (χ4n) is 2.35. The minimum absolute atomic E-state index is 0.0302. The summed E-state index contributed by atoms with van der Waals surface area (Å²) in [6.45, 7) is 6.15. The second-order valence-electron chi connectivity index (χ2n) is 5.61. The van der Waals surface area contributed by atoms with Gasteiger partial charge >= 0.3 is 0 Å². The Balaban J connectivity index is 2.22. The maximum atomic E-state index is 5.89. The molecule has 0 fully saturated rings. The third kappa shape index (κ3) is 4.31. The number of benzene rings is 2. The van der Waals surface area contributed by atoms with E-state index in [0.29, 0.717) is 0 Å². The molecule has 0 saturated carbocycles. The van der Waals surface area contributed by atoms with E-state index in [0.717, 1.165) is 17.7 Å². The molecule has 0 aliphatic heterocycles. The quantitative estimate of drug-likeness (QED) is 0.630. The fraction of sp³-hybridized carbons (Fsp3) is 0.333. The van der Waals surface area contributed by atoms with E-state index in [1.165, 1.54) is 11.1 Å². The van der Waals surface area contributed by atoms with Crippen molar-refractivity contribution < 1.29 is 4.74 Å². The van der Waals surface area contributed by atoms with Gasteiger partial charge in [0.1, 0.15) is 5.75 Å². The van der Waals surface area contributed by atoms with Crippen molar-refractivity contribution >= 4 is 0 Å². The van der Waals surface area contributed by atoms with Gasteiger partial charge in [-0.05, 0) is 38.8 Å². The van der Waals surface area contributed by atoms with Gasteiger partial charge in [-0.15, -0.1) is 0 Å². The number of nitrogens with two attached hydrogens (primary N) is 1. The highest BCUT2D eigenvalue weighted by atomic mass is 16.5. The second-order valence-corrected chi connectivity index (χ2v) is 5.61. The lowest BCUT2D eigenvalue weighted by atomic mass is 9.98. The van der Waals surface area contributed by atoms with E-state index in [4.69, 9.17) is 10.6 Å². The third-order valence-electron chi connectivity index (χ3n) is 3.42. The molecule has 3 N–H and O–H groups in total. The molecule has 2 aromatic carbocycles. The van der Waals surface area contributed by atoms with E-state index >= 15 is 0 Å². The maximum absolute atomic E-state index is 5.89. The average molecular weight is 284 g/mol. The first-order chi connectivity index (χ1) is 10.1. The summed E-state index contributed by atoms with van der Waals surface area (Å²) in [5.41, 5.74) is 6.52. The summed E-state index contributed by atoms with van der Waals surface area (Å²) in [5.74, 6) is 6.67. The van der Waals surface area contributed by atoms with Crippen molar-refractivity contribution in [2.24, 2.45) is 5.84 Å². The molecule has 0 aliphatic rings. The lowest BCUT2D eigenvalue weighted by molar-refractivity contribution is 0.237. The molecule has 21 heavy (non-hydrogen) atoms. The molecule has 0 heterocycles. The van der Waals surface area contributed by atoms with Gasteiger partial charge in [-0.25, -0.2) is 0 Å². The van der Waals surface area contributed by atoms with Crippen LogP contribution in [0.2, 0.25) is 0 Å². The molecule has 0 aliphatic carbocycles. The molecule has 0 spiro atoms. The van der Waals surface area contributed by atoms with Gasteiger partial charge in [0, 0.05) is 5.56 Å². The highest BCUT2D eigenvalue weighted by molar-refractivity contribution is 5.37. The zero-order valence-corrected chi connectivity index (χ0v) is 13.0. The molecule has 2 rings (SSSR count). The first-order valence-electron chi connectivity index (χ1n) is 7.37. The standard InChI is InChI=1S/C18H24N2O/c1-13(2)21-18-7-5-4-6-16(18)17(20-19)12-15-10-8-14(3)9-11-15/h4-11,13,17,20H,12,19H2,1-3H3. The van der Waals surface area contributed by atoms with E-state index in [2.05, 4.69) is 42.7 Å². The molecule has 0 bridgehead atoms. The lowest BCUT2D eigenvalue weighted by Crippen LogP contribution is -2.30. The van der Waals surface area contributed by atoms with E-state index < -0.39 is 0 Å². The number of para-hydroxylation sites is 1. The molecular weight excluding hydrogens is 260 g/mol. The number of ether oxygens (including phenoxy) is 1. The van der Waals surface area contributed by atoms with Crippen LogP contribution < -0.4 is 16.0 Å². The zero-order chi connectivity index (χ0) is 15.2. The van der Waals surface area contributed by atoms with Crippen LogP contribution in [0.1, 0.15) is 36.6 Å². The number of aryl methyl sites for hydroxylation is 1. The van der Waals surface area contributed by atoms with Gasteiger partial charge in [0.25, 0.3) is 0 Å². The van der Waals surface area contributed by atoms with Gasteiger partial charge in [-0.1, -0.05) is 48.0 Å². The first kappa shape index (κ1) is 15.5. The summed E-state index contributed by atoms with van der Waals surface area (Å²) in [5, 5.41) is 0. The normalized spacial score (nSPS) is 12.4. The Hall–Kier alpha value is -1.84. The smallest absolute Gasteiger partial charge is 0.124 e. The van der Waals surface area contributed by atoms with Crippen LogP contribution in [0.15, 0.2) is 48.5 Å². The molecule has 2 aromatic rings. The molecular formula is C18H24N2O.